The van der Waals surface area contributed by atoms with Crippen LogP contribution < -0.4 is 5.73 Å². The van der Waals surface area contributed by atoms with Gasteiger partial charge in [-0.15, -0.1) is 0 Å². The second-order valence-electron chi connectivity index (χ2n) is 4.58. The fourth-order valence-electron chi connectivity index (χ4n) is 2.06. The summed E-state index contributed by atoms with van der Waals surface area (Å²) in [5.74, 6) is 0.192. The number of aryl methyl sites for hydroxylation is 1. The quantitative estimate of drug-likeness (QED) is 0.736. The van der Waals surface area contributed by atoms with E-state index in [2.05, 4.69) is 9.97 Å². The van der Waals surface area contributed by atoms with Crippen molar-refractivity contribution < 1.29 is 4.39 Å². The third kappa shape index (κ3) is 2.18. The Bertz CT molecular complexity index is 818. The SMILES string of the molecule is Cc1ccc(F)c(-c2nc(N)c3ccc(Cl)cc3n2)c1. The number of nitrogen functional groups attached to an aromatic ring is 1. The number of hydrogen-bond donors (Lipinski definition) is 1. The molecule has 0 atom stereocenters. The van der Waals surface area contributed by atoms with E-state index in [0.717, 1.165) is 5.56 Å². The van der Waals surface area contributed by atoms with Gasteiger partial charge >= 0.3 is 0 Å². The average Bonchev–Trinajstić information content (AvgIpc) is 2.41. The largest absolute Gasteiger partial charge is 0.383 e. The van der Waals surface area contributed by atoms with Gasteiger partial charge < -0.3 is 5.73 Å². The molecule has 0 aliphatic rings. The number of nitrogens with two attached hydrogens (primary N) is 1. The van der Waals surface area contributed by atoms with E-state index in [1.807, 2.05) is 6.92 Å². The maximum Gasteiger partial charge on any atom is 0.165 e. The van der Waals surface area contributed by atoms with Gasteiger partial charge in [-0.1, -0.05) is 23.2 Å². The van der Waals surface area contributed by atoms with Crippen LogP contribution in [0.5, 0.6) is 0 Å². The molecule has 2 aromatic carbocycles. The van der Waals surface area contributed by atoms with Gasteiger partial charge in [-0.2, -0.15) is 0 Å². The Balaban J connectivity index is 2.29. The predicted octanol–water partition coefficient (Wildman–Crippen LogP) is 3.98. The van der Waals surface area contributed by atoms with E-state index in [1.54, 1.807) is 30.3 Å². The third-order valence-corrected chi connectivity index (χ3v) is 3.29. The Morgan fingerprint density at radius 2 is 1.90 bits per heavy atom. The van der Waals surface area contributed by atoms with E-state index in [0.29, 0.717) is 27.3 Å². The summed E-state index contributed by atoms with van der Waals surface area (Å²) in [5.41, 5.74) is 7.77. The van der Waals surface area contributed by atoms with Gasteiger partial charge in [0.15, 0.2) is 5.82 Å². The highest BCUT2D eigenvalue weighted by Crippen LogP contribution is 2.27. The molecule has 0 radical (unpaired) electrons. The maximum absolute atomic E-state index is 13.9. The normalized spacial score (nSPS) is 10.9. The van der Waals surface area contributed by atoms with Crippen LogP contribution in [0, 0.1) is 12.7 Å². The molecule has 5 heteroatoms. The molecule has 0 saturated heterocycles. The second kappa shape index (κ2) is 4.72. The molecule has 0 amide bonds. The average molecular weight is 288 g/mol. The number of benzene rings is 2. The van der Waals surface area contributed by atoms with Crippen molar-refractivity contribution in [3.8, 4) is 11.4 Å². The van der Waals surface area contributed by atoms with Crippen LogP contribution in [0.15, 0.2) is 36.4 Å². The van der Waals surface area contributed by atoms with E-state index in [-0.39, 0.29) is 11.6 Å². The molecule has 1 aromatic heterocycles. The van der Waals surface area contributed by atoms with Gasteiger partial charge in [-0.25, -0.2) is 14.4 Å². The summed E-state index contributed by atoms with van der Waals surface area (Å²) >= 11 is 5.95. The summed E-state index contributed by atoms with van der Waals surface area (Å²) in [5, 5.41) is 1.25. The van der Waals surface area contributed by atoms with Gasteiger partial charge in [0.05, 0.1) is 11.1 Å². The second-order valence-corrected chi connectivity index (χ2v) is 5.01. The molecule has 20 heavy (non-hydrogen) atoms. The summed E-state index contributed by atoms with van der Waals surface area (Å²) in [6, 6.07) is 9.94. The zero-order valence-corrected chi connectivity index (χ0v) is 11.4. The molecule has 0 saturated carbocycles. The monoisotopic (exact) mass is 287 g/mol. The highest BCUT2D eigenvalue weighted by Gasteiger charge is 2.11. The summed E-state index contributed by atoms with van der Waals surface area (Å²) in [6.45, 7) is 1.88. The lowest BCUT2D eigenvalue weighted by molar-refractivity contribution is 0.629. The van der Waals surface area contributed by atoms with E-state index >= 15 is 0 Å². The van der Waals surface area contributed by atoms with Crippen molar-refractivity contribution in [1.82, 2.24) is 9.97 Å². The molecule has 0 aliphatic carbocycles. The number of halogens is 2. The number of anilines is 1. The first-order valence-corrected chi connectivity index (χ1v) is 6.42. The predicted molar refractivity (Wildman–Crippen MR) is 79.1 cm³/mol. The lowest BCUT2D eigenvalue weighted by Gasteiger charge is -2.07. The van der Waals surface area contributed by atoms with Crippen LogP contribution in [0.2, 0.25) is 5.02 Å². The highest BCUT2D eigenvalue weighted by atomic mass is 35.5. The molecule has 0 bridgehead atoms. The molecule has 0 unspecified atom stereocenters. The Labute approximate surface area is 120 Å². The van der Waals surface area contributed by atoms with Crippen molar-refractivity contribution in [3.05, 3.63) is 52.8 Å². The molecule has 3 rings (SSSR count). The molecule has 0 spiro atoms. The first kappa shape index (κ1) is 12.8. The van der Waals surface area contributed by atoms with Crippen LogP contribution in [0.4, 0.5) is 10.2 Å². The minimum atomic E-state index is -0.378. The minimum Gasteiger partial charge on any atom is -0.383 e. The number of fused-ring (bicyclic) bond motifs is 1. The molecule has 3 aromatic rings. The first-order valence-electron chi connectivity index (χ1n) is 6.04. The highest BCUT2D eigenvalue weighted by molar-refractivity contribution is 6.31. The van der Waals surface area contributed by atoms with Gasteiger partial charge in [-0.3, -0.25) is 0 Å². The lowest BCUT2D eigenvalue weighted by atomic mass is 10.1. The molecule has 1 heterocycles. The van der Waals surface area contributed by atoms with Gasteiger partial charge in [0.25, 0.3) is 0 Å². The van der Waals surface area contributed by atoms with E-state index in [4.69, 9.17) is 17.3 Å². The summed E-state index contributed by atoms with van der Waals surface area (Å²) < 4.78 is 13.9. The number of nitrogens with zero attached hydrogens (tertiary/aromatic N) is 2. The zero-order chi connectivity index (χ0) is 14.3. The van der Waals surface area contributed by atoms with Gasteiger partial charge in [-0.05, 0) is 37.3 Å². The maximum atomic E-state index is 13.9. The van der Waals surface area contributed by atoms with Crippen molar-refractivity contribution in [3.63, 3.8) is 0 Å². The van der Waals surface area contributed by atoms with Gasteiger partial charge in [0.1, 0.15) is 11.6 Å². The smallest absolute Gasteiger partial charge is 0.165 e. The topological polar surface area (TPSA) is 51.8 Å². The van der Waals surface area contributed by atoms with E-state index in [1.165, 1.54) is 6.07 Å². The Morgan fingerprint density at radius 3 is 2.70 bits per heavy atom. The van der Waals surface area contributed by atoms with Crippen LogP contribution in [0.1, 0.15) is 5.56 Å². The van der Waals surface area contributed by atoms with Crippen LogP contribution in [0.25, 0.3) is 22.3 Å². The van der Waals surface area contributed by atoms with Crippen LogP contribution in [-0.4, -0.2) is 9.97 Å². The van der Waals surface area contributed by atoms with E-state index in [9.17, 15) is 4.39 Å². The minimum absolute atomic E-state index is 0.262. The van der Waals surface area contributed by atoms with E-state index < -0.39 is 0 Å². The lowest BCUT2D eigenvalue weighted by Crippen LogP contribution is -1.99. The Kier molecular flexibility index (Phi) is 3.03. The zero-order valence-electron chi connectivity index (χ0n) is 10.7. The number of aromatic nitrogens is 2. The molecule has 100 valence electrons. The van der Waals surface area contributed by atoms with Crippen LogP contribution in [-0.2, 0) is 0 Å². The molecule has 2 N–H and O–H groups in total. The molecule has 0 fully saturated rings. The van der Waals surface area contributed by atoms with Gasteiger partial charge in [0.2, 0.25) is 0 Å². The third-order valence-electron chi connectivity index (χ3n) is 3.05. The summed E-state index contributed by atoms with van der Waals surface area (Å²) in [7, 11) is 0. The fourth-order valence-corrected chi connectivity index (χ4v) is 2.22. The summed E-state index contributed by atoms with van der Waals surface area (Å²) in [6.07, 6.45) is 0. The fraction of sp³-hybridized carbons (Fsp3) is 0.0667. The Morgan fingerprint density at radius 1 is 1.10 bits per heavy atom. The summed E-state index contributed by atoms with van der Waals surface area (Å²) in [4.78, 5) is 8.54. The van der Waals surface area contributed by atoms with Crippen molar-refractivity contribution >= 4 is 28.3 Å². The molecule has 3 nitrogen and oxygen atoms in total. The van der Waals surface area contributed by atoms with Crippen LogP contribution >= 0.6 is 11.6 Å². The standard InChI is InChI=1S/C15H11ClFN3/c1-8-2-5-12(17)11(6-8)15-19-13-7-9(16)3-4-10(13)14(18)20-15/h2-7H,1H3,(H2,18,19,20). The van der Waals surface area contributed by atoms with Crippen molar-refractivity contribution in [2.75, 3.05) is 5.73 Å². The van der Waals surface area contributed by atoms with Crippen molar-refractivity contribution in [2.45, 2.75) is 6.92 Å². The van der Waals surface area contributed by atoms with Crippen molar-refractivity contribution in [1.29, 1.82) is 0 Å². The number of hydrogen-bond acceptors (Lipinski definition) is 3. The molecule has 0 aliphatic heterocycles. The molecular formula is C15H11ClFN3. The van der Waals surface area contributed by atoms with Gasteiger partial charge in [0, 0.05) is 10.4 Å². The van der Waals surface area contributed by atoms with Crippen LogP contribution in [0.3, 0.4) is 0 Å². The first-order chi connectivity index (χ1) is 9.54. The molecular weight excluding hydrogens is 277 g/mol. The Hall–Kier alpha value is -2.20. The number of rotatable bonds is 1. The van der Waals surface area contributed by atoms with Crippen molar-refractivity contribution in [2.24, 2.45) is 0 Å².